The normalized spacial score (nSPS) is 14.0. The van der Waals surface area contributed by atoms with Gasteiger partial charge in [-0.2, -0.15) is 0 Å². The molecule has 0 radical (unpaired) electrons. The van der Waals surface area contributed by atoms with Gasteiger partial charge in [0.05, 0.1) is 0 Å². The summed E-state index contributed by atoms with van der Waals surface area (Å²) < 4.78 is 12.8. The number of benzene rings is 2. The summed E-state index contributed by atoms with van der Waals surface area (Å²) in [6.45, 7) is 3.95. The zero-order valence-corrected chi connectivity index (χ0v) is 18.8. The number of aromatic nitrogens is 1. The third-order valence-corrected chi connectivity index (χ3v) is 6.01. The summed E-state index contributed by atoms with van der Waals surface area (Å²) in [4.78, 5) is 39.2. The monoisotopic (exact) mass is 445 g/mol. The Kier molecular flexibility index (Phi) is 6.45. The van der Waals surface area contributed by atoms with E-state index in [1.165, 1.54) is 6.07 Å². The molecule has 0 fully saturated rings. The minimum Gasteiger partial charge on any atom is -0.460 e. The molecule has 170 valence electrons. The zero-order chi connectivity index (χ0) is 23.4. The fourth-order valence-corrected chi connectivity index (χ4v) is 4.17. The first-order valence-electron chi connectivity index (χ1n) is 11.1. The van der Waals surface area contributed by atoms with Crippen molar-refractivity contribution < 1.29 is 19.1 Å². The van der Waals surface area contributed by atoms with E-state index in [1.54, 1.807) is 10.8 Å². The van der Waals surface area contributed by atoms with Crippen LogP contribution in [-0.2, 0) is 45.1 Å². The topological polar surface area (TPSA) is 74.6 Å². The van der Waals surface area contributed by atoms with Gasteiger partial charge in [0.15, 0.2) is 5.41 Å². The number of carbonyl (C=O) groups excluding carboxylic acids is 2. The summed E-state index contributed by atoms with van der Waals surface area (Å²) in [5.41, 5.74) is 1.45. The summed E-state index contributed by atoms with van der Waals surface area (Å²) in [5, 5.41) is 0. The van der Waals surface area contributed by atoms with E-state index in [2.05, 4.69) is 0 Å². The van der Waals surface area contributed by atoms with Gasteiger partial charge in [0.2, 0.25) is 0 Å². The van der Waals surface area contributed by atoms with Gasteiger partial charge in [-0.05, 0) is 36.1 Å². The molecular formula is C27H27NO5. The second kappa shape index (κ2) is 9.45. The quantitative estimate of drug-likeness (QED) is 0.406. The fourth-order valence-electron chi connectivity index (χ4n) is 4.17. The second-order valence-corrected chi connectivity index (χ2v) is 8.72. The lowest BCUT2D eigenvalue weighted by atomic mass is 9.84. The Bertz CT molecular complexity index is 1140. The average molecular weight is 446 g/mol. The van der Waals surface area contributed by atoms with Crippen molar-refractivity contribution >= 4 is 11.9 Å². The van der Waals surface area contributed by atoms with E-state index in [-0.39, 0.29) is 37.7 Å². The lowest BCUT2D eigenvalue weighted by Crippen LogP contribution is -2.42. The van der Waals surface area contributed by atoms with Crippen LogP contribution in [0.5, 0.6) is 0 Å². The minimum absolute atomic E-state index is 0.0344. The first kappa shape index (κ1) is 22.5. The maximum Gasteiger partial charge on any atom is 0.324 e. The highest BCUT2D eigenvalue weighted by Crippen LogP contribution is 2.39. The number of hydrogen-bond acceptors (Lipinski definition) is 5. The molecule has 0 unspecified atom stereocenters. The molecule has 6 heteroatoms. The highest BCUT2D eigenvalue weighted by molar-refractivity contribution is 6.01. The predicted molar refractivity (Wildman–Crippen MR) is 123 cm³/mol. The van der Waals surface area contributed by atoms with Gasteiger partial charge in [-0.1, -0.05) is 60.7 Å². The lowest BCUT2D eigenvalue weighted by Gasteiger charge is -2.24. The van der Waals surface area contributed by atoms with Crippen molar-refractivity contribution in [1.82, 2.24) is 4.57 Å². The van der Waals surface area contributed by atoms with Gasteiger partial charge in [0.25, 0.3) is 5.56 Å². The average Bonchev–Trinajstić information content (AvgIpc) is 3.21. The number of nitrogens with zero attached hydrogens (tertiary/aromatic N) is 1. The molecule has 1 aliphatic carbocycles. The molecule has 0 amide bonds. The fraction of sp³-hybridized carbons (Fsp3) is 0.296. The Morgan fingerprint density at radius 1 is 0.848 bits per heavy atom. The SMILES string of the molecule is CC(C)n1cc2c(cc1=O)CC(C(=O)OCc1ccccc1)(C(=O)OCc1ccccc1)C2. The van der Waals surface area contributed by atoms with Crippen molar-refractivity contribution in [3.05, 3.63) is 106 Å². The number of pyridine rings is 1. The van der Waals surface area contributed by atoms with Crippen LogP contribution in [-0.4, -0.2) is 16.5 Å². The third kappa shape index (κ3) is 4.75. The Hall–Kier alpha value is -3.67. The maximum atomic E-state index is 13.4. The maximum absolute atomic E-state index is 13.4. The molecule has 3 aromatic rings. The molecular weight excluding hydrogens is 418 g/mol. The van der Waals surface area contributed by atoms with E-state index in [1.807, 2.05) is 74.5 Å². The molecule has 0 saturated heterocycles. The van der Waals surface area contributed by atoms with Crippen LogP contribution < -0.4 is 5.56 Å². The Morgan fingerprint density at radius 2 is 1.33 bits per heavy atom. The molecule has 0 bridgehead atoms. The number of fused-ring (bicyclic) bond motifs is 1. The van der Waals surface area contributed by atoms with E-state index in [0.717, 1.165) is 16.7 Å². The minimum atomic E-state index is -1.52. The van der Waals surface area contributed by atoms with Gasteiger partial charge in [0.1, 0.15) is 13.2 Å². The van der Waals surface area contributed by atoms with E-state index in [9.17, 15) is 14.4 Å². The van der Waals surface area contributed by atoms with Crippen LogP contribution in [0.25, 0.3) is 0 Å². The summed E-state index contributed by atoms with van der Waals surface area (Å²) >= 11 is 0. The molecule has 6 nitrogen and oxygen atoms in total. The Balaban J connectivity index is 1.61. The molecule has 0 aliphatic heterocycles. The van der Waals surface area contributed by atoms with E-state index < -0.39 is 17.4 Å². The molecule has 1 aliphatic rings. The number of ether oxygens (including phenoxy) is 2. The smallest absolute Gasteiger partial charge is 0.324 e. The van der Waals surface area contributed by atoms with Crippen molar-refractivity contribution in [1.29, 1.82) is 0 Å². The molecule has 1 aromatic heterocycles. The van der Waals surface area contributed by atoms with Crippen LogP contribution in [0.2, 0.25) is 0 Å². The molecule has 0 spiro atoms. The van der Waals surface area contributed by atoms with Crippen molar-refractivity contribution in [2.45, 2.75) is 45.9 Å². The number of carbonyl (C=O) groups is 2. The second-order valence-electron chi connectivity index (χ2n) is 8.72. The lowest BCUT2D eigenvalue weighted by molar-refractivity contribution is -0.173. The largest absolute Gasteiger partial charge is 0.460 e. The van der Waals surface area contributed by atoms with Gasteiger partial charge in [-0.3, -0.25) is 14.4 Å². The predicted octanol–water partition coefficient (Wildman–Crippen LogP) is 4.00. The number of esters is 2. The van der Waals surface area contributed by atoms with Crippen molar-refractivity contribution in [2.24, 2.45) is 5.41 Å². The molecule has 0 saturated carbocycles. The first-order valence-corrected chi connectivity index (χ1v) is 11.1. The molecule has 1 heterocycles. The number of rotatable bonds is 7. The van der Waals surface area contributed by atoms with Gasteiger partial charge >= 0.3 is 11.9 Å². The van der Waals surface area contributed by atoms with Crippen LogP contribution in [0.15, 0.2) is 77.7 Å². The van der Waals surface area contributed by atoms with Gasteiger partial charge in [-0.25, -0.2) is 0 Å². The van der Waals surface area contributed by atoms with Crippen molar-refractivity contribution in [2.75, 3.05) is 0 Å². The van der Waals surface area contributed by atoms with Gasteiger partial charge < -0.3 is 14.0 Å². The number of hydrogen-bond donors (Lipinski definition) is 0. The standard InChI is InChI=1S/C27H27NO5/c1-19(2)28-16-23-15-27(14-22(23)13-24(28)29,25(30)32-17-20-9-5-3-6-10-20)26(31)33-18-21-11-7-4-8-12-21/h3-13,16,19H,14-15,17-18H2,1-2H3. The summed E-state index contributed by atoms with van der Waals surface area (Å²) in [6.07, 6.45) is 1.97. The highest BCUT2D eigenvalue weighted by atomic mass is 16.6. The molecule has 0 N–H and O–H groups in total. The summed E-state index contributed by atoms with van der Waals surface area (Å²) in [7, 11) is 0. The van der Waals surface area contributed by atoms with E-state index in [0.29, 0.717) is 5.56 Å². The van der Waals surface area contributed by atoms with Crippen LogP contribution in [0.4, 0.5) is 0 Å². The van der Waals surface area contributed by atoms with E-state index in [4.69, 9.17) is 9.47 Å². The molecule has 4 rings (SSSR count). The Morgan fingerprint density at radius 3 is 1.82 bits per heavy atom. The Labute approximate surface area is 192 Å². The molecule has 33 heavy (non-hydrogen) atoms. The van der Waals surface area contributed by atoms with Crippen LogP contribution >= 0.6 is 0 Å². The zero-order valence-electron chi connectivity index (χ0n) is 18.8. The van der Waals surface area contributed by atoms with Crippen molar-refractivity contribution in [3.63, 3.8) is 0 Å². The van der Waals surface area contributed by atoms with Crippen LogP contribution in [0, 0.1) is 5.41 Å². The van der Waals surface area contributed by atoms with E-state index >= 15 is 0 Å². The summed E-state index contributed by atoms with van der Waals surface area (Å²) in [6, 6.07) is 20.1. The van der Waals surface area contributed by atoms with Crippen LogP contribution in [0.3, 0.4) is 0 Å². The van der Waals surface area contributed by atoms with Crippen molar-refractivity contribution in [3.8, 4) is 0 Å². The van der Waals surface area contributed by atoms with Gasteiger partial charge in [0, 0.05) is 31.1 Å². The van der Waals surface area contributed by atoms with Gasteiger partial charge in [-0.15, -0.1) is 0 Å². The molecule has 0 atom stereocenters. The molecule has 2 aromatic carbocycles. The first-order chi connectivity index (χ1) is 15.9. The highest BCUT2D eigenvalue weighted by Gasteiger charge is 2.53. The van der Waals surface area contributed by atoms with Crippen LogP contribution in [0.1, 0.15) is 42.1 Å². The third-order valence-electron chi connectivity index (χ3n) is 6.01. The summed E-state index contributed by atoms with van der Waals surface area (Å²) in [5.74, 6) is -1.27.